The molecule has 1 saturated carbocycles. The molecule has 1 aliphatic carbocycles. The quantitative estimate of drug-likeness (QED) is 0.603. The highest BCUT2D eigenvalue weighted by molar-refractivity contribution is 5.72. The number of hydrogen-bond acceptors (Lipinski definition) is 4. The number of aromatic nitrogens is 2. The third kappa shape index (κ3) is 4.55. The van der Waals surface area contributed by atoms with E-state index in [1.807, 2.05) is 30.5 Å². The molecule has 2 aromatic carbocycles. The number of carboxylic acid groups (broad SMARTS) is 1. The second-order valence-electron chi connectivity index (χ2n) is 7.39. The van der Waals surface area contributed by atoms with Gasteiger partial charge in [0.2, 0.25) is 5.95 Å². The summed E-state index contributed by atoms with van der Waals surface area (Å²) in [5.74, 6) is 0.433. The maximum absolute atomic E-state index is 10.8. The van der Waals surface area contributed by atoms with Gasteiger partial charge in [0.1, 0.15) is 0 Å². The molecule has 3 aromatic rings. The van der Waals surface area contributed by atoms with E-state index in [9.17, 15) is 4.79 Å². The van der Waals surface area contributed by atoms with Crippen LogP contribution in [0.4, 0.5) is 11.6 Å². The van der Waals surface area contributed by atoms with E-state index in [2.05, 4.69) is 46.5 Å². The summed E-state index contributed by atoms with van der Waals surface area (Å²) >= 11 is 0. The number of aryl methyl sites for hydroxylation is 2. The van der Waals surface area contributed by atoms with Crippen molar-refractivity contribution in [2.24, 2.45) is 0 Å². The van der Waals surface area contributed by atoms with Gasteiger partial charge in [0.25, 0.3) is 0 Å². The lowest BCUT2D eigenvalue weighted by Gasteiger charge is -2.11. The molecule has 5 nitrogen and oxygen atoms in total. The van der Waals surface area contributed by atoms with E-state index in [-0.39, 0.29) is 6.42 Å². The summed E-state index contributed by atoms with van der Waals surface area (Å²) in [4.78, 5) is 19.8. The van der Waals surface area contributed by atoms with E-state index in [0.717, 1.165) is 33.6 Å². The van der Waals surface area contributed by atoms with Gasteiger partial charge >= 0.3 is 5.97 Å². The molecular formula is C23H23N3O2. The van der Waals surface area contributed by atoms with Gasteiger partial charge in [0.15, 0.2) is 0 Å². The first-order chi connectivity index (χ1) is 13.6. The van der Waals surface area contributed by atoms with E-state index in [1.165, 1.54) is 12.8 Å². The Hall–Kier alpha value is -3.21. The first kappa shape index (κ1) is 18.2. The third-order valence-corrected chi connectivity index (χ3v) is 4.89. The summed E-state index contributed by atoms with van der Waals surface area (Å²) in [5, 5.41) is 12.2. The van der Waals surface area contributed by atoms with Crippen molar-refractivity contribution in [3.05, 3.63) is 71.5 Å². The van der Waals surface area contributed by atoms with Crippen LogP contribution in [0.25, 0.3) is 11.1 Å². The Morgan fingerprint density at radius 3 is 2.79 bits per heavy atom. The molecule has 0 saturated heterocycles. The lowest BCUT2D eigenvalue weighted by Crippen LogP contribution is -2.00. The van der Waals surface area contributed by atoms with E-state index in [1.54, 1.807) is 0 Å². The molecule has 0 amide bonds. The number of anilines is 2. The van der Waals surface area contributed by atoms with Gasteiger partial charge in [0.05, 0.1) is 0 Å². The van der Waals surface area contributed by atoms with Crippen molar-refractivity contribution in [1.29, 1.82) is 0 Å². The zero-order valence-electron chi connectivity index (χ0n) is 15.9. The van der Waals surface area contributed by atoms with Gasteiger partial charge < -0.3 is 10.4 Å². The van der Waals surface area contributed by atoms with Gasteiger partial charge in [-0.3, -0.25) is 4.79 Å². The first-order valence-corrected chi connectivity index (χ1v) is 9.59. The molecule has 4 rings (SSSR count). The molecule has 1 heterocycles. The second kappa shape index (κ2) is 7.80. The van der Waals surface area contributed by atoms with Crippen LogP contribution in [0.1, 0.15) is 42.0 Å². The number of nitrogens with zero attached hydrogens (tertiary/aromatic N) is 2. The second-order valence-corrected chi connectivity index (χ2v) is 7.39. The number of benzene rings is 2. The summed E-state index contributed by atoms with van der Waals surface area (Å²) < 4.78 is 0. The number of nitrogens with one attached hydrogen (secondary N) is 1. The van der Waals surface area contributed by atoms with Crippen molar-refractivity contribution < 1.29 is 9.90 Å². The highest BCUT2D eigenvalue weighted by atomic mass is 16.4. The molecule has 0 aliphatic heterocycles. The Labute approximate surface area is 164 Å². The van der Waals surface area contributed by atoms with Gasteiger partial charge in [0, 0.05) is 29.9 Å². The highest BCUT2D eigenvalue weighted by Crippen LogP contribution is 2.39. The fraction of sp³-hybridized carbons (Fsp3) is 0.261. The topological polar surface area (TPSA) is 75.1 Å². The standard InChI is InChI=1S/C23H23N3O2/c1-15-11-19(18-4-2-3-16(13-18)5-8-22(27)28)14-20(12-15)25-23-24-10-9-21(26-23)17-6-7-17/h2-4,9-14,17H,5-8H2,1H3,(H,27,28)(H,24,25,26). The predicted octanol–water partition coefficient (Wildman–Crippen LogP) is 5.09. The number of carboxylic acids is 1. The van der Waals surface area contributed by atoms with E-state index >= 15 is 0 Å². The molecule has 0 bridgehead atoms. The number of carbonyl (C=O) groups is 1. The van der Waals surface area contributed by atoms with Gasteiger partial charge in [-0.05, 0) is 66.6 Å². The minimum absolute atomic E-state index is 0.138. The monoisotopic (exact) mass is 373 g/mol. The summed E-state index contributed by atoms with van der Waals surface area (Å²) in [6, 6.07) is 16.3. The molecule has 142 valence electrons. The highest BCUT2D eigenvalue weighted by Gasteiger charge is 2.25. The van der Waals surface area contributed by atoms with Crippen LogP contribution in [-0.4, -0.2) is 21.0 Å². The van der Waals surface area contributed by atoms with Crippen molar-refractivity contribution in [1.82, 2.24) is 9.97 Å². The average Bonchev–Trinajstić information content (AvgIpc) is 3.52. The van der Waals surface area contributed by atoms with Crippen LogP contribution in [0, 0.1) is 6.92 Å². The van der Waals surface area contributed by atoms with Crippen LogP contribution in [-0.2, 0) is 11.2 Å². The largest absolute Gasteiger partial charge is 0.481 e. The van der Waals surface area contributed by atoms with Crippen LogP contribution in [0.3, 0.4) is 0 Å². The van der Waals surface area contributed by atoms with Crippen LogP contribution >= 0.6 is 0 Å². The smallest absolute Gasteiger partial charge is 0.303 e. The lowest BCUT2D eigenvalue weighted by molar-refractivity contribution is -0.136. The molecule has 0 atom stereocenters. The van der Waals surface area contributed by atoms with Gasteiger partial charge in [-0.2, -0.15) is 0 Å². The number of rotatable bonds is 7. The van der Waals surface area contributed by atoms with Gasteiger partial charge in [-0.1, -0.05) is 30.3 Å². The van der Waals surface area contributed by atoms with Crippen LogP contribution < -0.4 is 5.32 Å². The zero-order valence-corrected chi connectivity index (χ0v) is 15.9. The molecule has 1 aliphatic rings. The van der Waals surface area contributed by atoms with Gasteiger partial charge in [-0.15, -0.1) is 0 Å². The van der Waals surface area contributed by atoms with Crippen molar-refractivity contribution in [2.45, 2.75) is 38.5 Å². The Morgan fingerprint density at radius 1 is 1.14 bits per heavy atom. The number of hydrogen-bond donors (Lipinski definition) is 2. The maximum Gasteiger partial charge on any atom is 0.303 e. The van der Waals surface area contributed by atoms with Crippen LogP contribution in [0.5, 0.6) is 0 Å². The Kier molecular flexibility index (Phi) is 5.06. The maximum atomic E-state index is 10.8. The number of aliphatic carboxylic acids is 1. The molecule has 1 aromatic heterocycles. The zero-order chi connectivity index (χ0) is 19.5. The molecular weight excluding hydrogens is 350 g/mol. The Bertz CT molecular complexity index is 1010. The average molecular weight is 373 g/mol. The van der Waals surface area contributed by atoms with Gasteiger partial charge in [-0.25, -0.2) is 9.97 Å². The Balaban J connectivity index is 1.58. The molecule has 2 N–H and O–H groups in total. The molecule has 28 heavy (non-hydrogen) atoms. The van der Waals surface area contributed by atoms with E-state index in [4.69, 9.17) is 5.11 Å². The first-order valence-electron chi connectivity index (χ1n) is 9.59. The van der Waals surface area contributed by atoms with Crippen molar-refractivity contribution >= 4 is 17.6 Å². The molecule has 0 radical (unpaired) electrons. The lowest BCUT2D eigenvalue weighted by atomic mass is 9.99. The van der Waals surface area contributed by atoms with Crippen molar-refractivity contribution in [2.75, 3.05) is 5.32 Å². The molecule has 0 spiro atoms. The molecule has 0 unspecified atom stereocenters. The summed E-state index contributed by atoms with van der Waals surface area (Å²) in [6.07, 6.45) is 4.90. The van der Waals surface area contributed by atoms with Crippen LogP contribution in [0.2, 0.25) is 0 Å². The van der Waals surface area contributed by atoms with Crippen molar-refractivity contribution in [3.8, 4) is 11.1 Å². The fourth-order valence-corrected chi connectivity index (χ4v) is 3.35. The SMILES string of the molecule is Cc1cc(Nc2nccc(C3CC3)n2)cc(-c2cccc(CCC(=O)O)c2)c1. The minimum atomic E-state index is -0.777. The Morgan fingerprint density at radius 2 is 2.00 bits per heavy atom. The van der Waals surface area contributed by atoms with Crippen LogP contribution in [0.15, 0.2) is 54.7 Å². The van der Waals surface area contributed by atoms with E-state index in [0.29, 0.717) is 18.3 Å². The minimum Gasteiger partial charge on any atom is -0.481 e. The molecule has 1 fully saturated rings. The fourth-order valence-electron chi connectivity index (χ4n) is 3.35. The summed E-state index contributed by atoms with van der Waals surface area (Å²) in [7, 11) is 0. The van der Waals surface area contributed by atoms with E-state index < -0.39 is 5.97 Å². The predicted molar refractivity (Wildman–Crippen MR) is 110 cm³/mol. The van der Waals surface area contributed by atoms with Crippen molar-refractivity contribution in [3.63, 3.8) is 0 Å². The molecule has 5 heteroatoms. The summed E-state index contributed by atoms with van der Waals surface area (Å²) in [6.45, 7) is 2.06. The third-order valence-electron chi connectivity index (χ3n) is 4.89. The normalized spacial score (nSPS) is 13.3. The summed E-state index contributed by atoms with van der Waals surface area (Å²) in [5.41, 5.74) is 6.36.